The number of nitrogens with zero attached hydrogens (tertiary/aromatic N) is 3. The van der Waals surface area contributed by atoms with Gasteiger partial charge in [0.25, 0.3) is 0 Å². The zero-order valence-electron chi connectivity index (χ0n) is 13.5. The third kappa shape index (κ3) is 2.37. The van der Waals surface area contributed by atoms with Crippen LogP contribution in [0.3, 0.4) is 0 Å². The maximum Gasteiger partial charge on any atom is 0.105 e. The van der Waals surface area contributed by atoms with Crippen molar-refractivity contribution in [3.05, 3.63) is 78.0 Å². The average molecular weight is 314 g/mol. The number of hydrogen-bond acceptors (Lipinski definition) is 3. The van der Waals surface area contributed by atoms with E-state index in [0.717, 1.165) is 28.0 Å². The summed E-state index contributed by atoms with van der Waals surface area (Å²) in [5.41, 5.74) is 11.0. The van der Waals surface area contributed by atoms with Crippen LogP contribution in [0.25, 0.3) is 27.7 Å². The molecule has 0 saturated carbocycles. The molecule has 0 radical (unpaired) electrons. The lowest BCUT2D eigenvalue weighted by Gasteiger charge is -2.11. The van der Waals surface area contributed by atoms with Crippen molar-refractivity contribution in [3.8, 4) is 16.9 Å². The molecule has 3 aromatic carbocycles. The molecular weight excluding hydrogens is 296 g/mol. The molecular formula is C20H18N4. The highest BCUT2D eigenvalue weighted by Gasteiger charge is 2.16. The van der Waals surface area contributed by atoms with Crippen LogP contribution in [0.1, 0.15) is 11.3 Å². The zero-order chi connectivity index (χ0) is 16.5. The van der Waals surface area contributed by atoms with Crippen molar-refractivity contribution in [2.45, 2.75) is 13.5 Å². The van der Waals surface area contributed by atoms with Gasteiger partial charge in [0.1, 0.15) is 5.69 Å². The van der Waals surface area contributed by atoms with Crippen LogP contribution < -0.4 is 5.73 Å². The number of aryl methyl sites for hydroxylation is 1. The molecule has 0 aliphatic heterocycles. The first kappa shape index (κ1) is 14.6. The summed E-state index contributed by atoms with van der Waals surface area (Å²) in [6, 6.07) is 22.9. The lowest BCUT2D eigenvalue weighted by Crippen LogP contribution is -2.03. The van der Waals surface area contributed by atoms with Gasteiger partial charge in [-0.2, -0.15) is 0 Å². The molecule has 0 unspecified atom stereocenters. The van der Waals surface area contributed by atoms with Gasteiger partial charge in [0.2, 0.25) is 0 Å². The van der Waals surface area contributed by atoms with Crippen molar-refractivity contribution >= 4 is 10.8 Å². The summed E-state index contributed by atoms with van der Waals surface area (Å²) in [6.45, 7) is 2.43. The van der Waals surface area contributed by atoms with E-state index in [1.165, 1.54) is 10.9 Å². The van der Waals surface area contributed by atoms with E-state index in [9.17, 15) is 0 Å². The van der Waals surface area contributed by atoms with Crippen LogP contribution in [-0.4, -0.2) is 15.0 Å². The number of fused-ring (bicyclic) bond motifs is 1. The quantitative estimate of drug-likeness (QED) is 0.625. The van der Waals surface area contributed by atoms with Crippen LogP contribution in [0.4, 0.5) is 0 Å². The van der Waals surface area contributed by atoms with Crippen LogP contribution in [0.5, 0.6) is 0 Å². The molecule has 0 fully saturated rings. The zero-order valence-corrected chi connectivity index (χ0v) is 13.5. The van der Waals surface area contributed by atoms with Gasteiger partial charge in [-0.3, -0.25) is 0 Å². The van der Waals surface area contributed by atoms with Gasteiger partial charge >= 0.3 is 0 Å². The van der Waals surface area contributed by atoms with Gasteiger partial charge in [0, 0.05) is 17.5 Å². The van der Waals surface area contributed by atoms with Gasteiger partial charge < -0.3 is 5.73 Å². The third-order valence-corrected chi connectivity index (χ3v) is 4.25. The molecule has 118 valence electrons. The van der Waals surface area contributed by atoms with Gasteiger partial charge in [0.15, 0.2) is 0 Å². The van der Waals surface area contributed by atoms with Crippen molar-refractivity contribution in [2.24, 2.45) is 5.73 Å². The average Bonchev–Trinajstić information content (AvgIpc) is 3.05. The Kier molecular flexibility index (Phi) is 3.59. The summed E-state index contributed by atoms with van der Waals surface area (Å²) in [5.74, 6) is 0. The first-order chi connectivity index (χ1) is 11.8. The second-order valence-electron chi connectivity index (χ2n) is 5.86. The molecule has 1 aromatic heterocycles. The predicted octanol–water partition coefficient (Wildman–Crippen LogP) is 3.85. The van der Waals surface area contributed by atoms with Gasteiger partial charge in [-0.25, -0.2) is 4.68 Å². The normalized spacial score (nSPS) is 11.1. The van der Waals surface area contributed by atoms with E-state index < -0.39 is 0 Å². The van der Waals surface area contributed by atoms with E-state index >= 15 is 0 Å². The van der Waals surface area contributed by atoms with Crippen molar-refractivity contribution < 1.29 is 0 Å². The first-order valence-corrected chi connectivity index (χ1v) is 7.98. The molecule has 1 heterocycles. The highest BCUT2D eigenvalue weighted by molar-refractivity contribution is 5.90. The Bertz CT molecular complexity index is 995. The lowest BCUT2D eigenvalue weighted by atomic mass is 10.1. The minimum Gasteiger partial charge on any atom is -0.325 e. The molecule has 0 bridgehead atoms. The summed E-state index contributed by atoms with van der Waals surface area (Å²) in [6.07, 6.45) is 0. The van der Waals surface area contributed by atoms with Crippen molar-refractivity contribution in [1.82, 2.24) is 15.0 Å². The molecule has 2 N–H and O–H groups in total. The molecule has 0 atom stereocenters. The van der Waals surface area contributed by atoms with E-state index in [-0.39, 0.29) is 0 Å². The molecule has 4 nitrogen and oxygen atoms in total. The minimum atomic E-state index is 0.355. The molecule has 0 saturated heterocycles. The minimum absolute atomic E-state index is 0.355. The summed E-state index contributed by atoms with van der Waals surface area (Å²) < 4.78 is 1.90. The predicted molar refractivity (Wildman–Crippen MR) is 96.9 cm³/mol. The maximum absolute atomic E-state index is 5.91. The topological polar surface area (TPSA) is 56.7 Å². The monoisotopic (exact) mass is 314 g/mol. The van der Waals surface area contributed by atoms with Crippen LogP contribution in [0.15, 0.2) is 66.7 Å². The highest BCUT2D eigenvalue weighted by atomic mass is 15.4. The Balaban J connectivity index is 1.99. The number of aromatic nitrogens is 3. The molecule has 4 aromatic rings. The fourth-order valence-corrected chi connectivity index (χ4v) is 3.01. The van der Waals surface area contributed by atoms with Gasteiger partial charge in [-0.05, 0) is 18.4 Å². The third-order valence-electron chi connectivity index (χ3n) is 4.25. The first-order valence-electron chi connectivity index (χ1n) is 7.98. The molecule has 0 aliphatic rings. The van der Waals surface area contributed by atoms with Crippen molar-refractivity contribution in [3.63, 3.8) is 0 Å². The maximum atomic E-state index is 5.91. The Labute approximate surface area is 140 Å². The molecule has 4 rings (SSSR count). The number of benzene rings is 3. The summed E-state index contributed by atoms with van der Waals surface area (Å²) in [5, 5.41) is 11.0. The SMILES string of the molecule is Cc1ccc(-c2c(CN)nnn2-c2cccc3ccccc23)cc1. The van der Waals surface area contributed by atoms with E-state index in [1.807, 2.05) is 22.9 Å². The van der Waals surface area contributed by atoms with Gasteiger partial charge in [-0.15, -0.1) is 5.10 Å². The Hall–Kier alpha value is -2.98. The van der Waals surface area contributed by atoms with Crippen LogP contribution in [0, 0.1) is 6.92 Å². The van der Waals surface area contributed by atoms with Crippen molar-refractivity contribution in [2.75, 3.05) is 0 Å². The molecule has 0 spiro atoms. The number of rotatable bonds is 3. The van der Waals surface area contributed by atoms with Crippen molar-refractivity contribution in [1.29, 1.82) is 0 Å². The second-order valence-corrected chi connectivity index (χ2v) is 5.86. The number of nitrogens with two attached hydrogens (primary N) is 1. The fraction of sp³-hybridized carbons (Fsp3) is 0.100. The molecule has 4 heteroatoms. The summed E-state index contributed by atoms with van der Waals surface area (Å²) >= 11 is 0. The summed E-state index contributed by atoms with van der Waals surface area (Å²) in [7, 11) is 0. The Morgan fingerprint density at radius 1 is 0.917 bits per heavy atom. The molecule has 0 aliphatic carbocycles. The lowest BCUT2D eigenvalue weighted by molar-refractivity contribution is 0.804. The van der Waals surface area contributed by atoms with Crippen LogP contribution in [0.2, 0.25) is 0 Å². The van der Waals surface area contributed by atoms with E-state index in [4.69, 9.17) is 5.73 Å². The Morgan fingerprint density at radius 3 is 2.46 bits per heavy atom. The Morgan fingerprint density at radius 2 is 1.67 bits per heavy atom. The second kappa shape index (κ2) is 5.91. The molecule has 0 amide bonds. The number of hydrogen-bond donors (Lipinski definition) is 1. The van der Waals surface area contributed by atoms with E-state index in [0.29, 0.717) is 6.54 Å². The van der Waals surface area contributed by atoms with E-state index in [1.54, 1.807) is 0 Å². The van der Waals surface area contributed by atoms with E-state index in [2.05, 4.69) is 65.8 Å². The standard InChI is InChI=1S/C20H18N4/c1-14-9-11-16(12-10-14)20-18(13-21)22-23-24(20)19-8-4-6-15-5-2-3-7-17(15)19/h2-12H,13,21H2,1H3. The fourth-order valence-electron chi connectivity index (χ4n) is 3.01. The van der Waals surface area contributed by atoms with Crippen LogP contribution in [-0.2, 0) is 6.54 Å². The smallest absolute Gasteiger partial charge is 0.105 e. The highest BCUT2D eigenvalue weighted by Crippen LogP contribution is 2.29. The van der Waals surface area contributed by atoms with Gasteiger partial charge in [-0.1, -0.05) is 71.4 Å². The largest absolute Gasteiger partial charge is 0.325 e. The van der Waals surface area contributed by atoms with Gasteiger partial charge in [0.05, 0.1) is 11.4 Å². The summed E-state index contributed by atoms with van der Waals surface area (Å²) in [4.78, 5) is 0. The van der Waals surface area contributed by atoms with Crippen LogP contribution >= 0.6 is 0 Å². The molecule has 24 heavy (non-hydrogen) atoms.